The molecule has 2 aliphatic rings. The van der Waals surface area contributed by atoms with Crippen molar-refractivity contribution >= 4 is 5.69 Å². The maximum absolute atomic E-state index is 3.66. The lowest BCUT2D eigenvalue weighted by molar-refractivity contribution is 0.545. The van der Waals surface area contributed by atoms with E-state index < -0.39 is 0 Å². The van der Waals surface area contributed by atoms with Gasteiger partial charge in [0, 0.05) is 31.9 Å². The SMILES string of the molecule is Cc1ccc(N(C)CC2CCCC2)c(CNC2CC2)c1. The van der Waals surface area contributed by atoms with Gasteiger partial charge in [-0.1, -0.05) is 30.5 Å². The van der Waals surface area contributed by atoms with E-state index in [2.05, 4.69) is 42.4 Å². The molecule has 0 bridgehead atoms. The fourth-order valence-electron chi connectivity index (χ4n) is 3.45. The molecule has 1 aromatic carbocycles. The summed E-state index contributed by atoms with van der Waals surface area (Å²) in [6.07, 6.45) is 8.43. The van der Waals surface area contributed by atoms with Crippen LogP contribution in [0.15, 0.2) is 18.2 Å². The second-order valence-corrected chi connectivity index (χ2v) is 6.82. The molecule has 0 unspecified atom stereocenters. The van der Waals surface area contributed by atoms with Gasteiger partial charge in [-0.3, -0.25) is 0 Å². The molecule has 1 aromatic rings. The Morgan fingerprint density at radius 1 is 1.15 bits per heavy atom. The number of anilines is 1. The molecule has 110 valence electrons. The summed E-state index contributed by atoms with van der Waals surface area (Å²) < 4.78 is 0. The molecule has 2 saturated carbocycles. The van der Waals surface area contributed by atoms with Crippen LogP contribution in [-0.2, 0) is 6.54 Å². The predicted octanol–water partition coefficient (Wildman–Crippen LogP) is 3.87. The molecule has 2 aliphatic carbocycles. The van der Waals surface area contributed by atoms with Crippen LogP contribution in [0.1, 0.15) is 49.7 Å². The first-order valence-electron chi connectivity index (χ1n) is 8.26. The monoisotopic (exact) mass is 272 g/mol. The van der Waals surface area contributed by atoms with Gasteiger partial charge in [0.05, 0.1) is 0 Å². The molecule has 0 heterocycles. The van der Waals surface area contributed by atoms with Crippen molar-refractivity contribution < 1.29 is 0 Å². The zero-order valence-electron chi connectivity index (χ0n) is 13.0. The van der Waals surface area contributed by atoms with Crippen molar-refractivity contribution in [3.05, 3.63) is 29.3 Å². The van der Waals surface area contributed by atoms with Gasteiger partial charge in [0.1, 0.15) is 0 Å². The number of nitrogens with one attached hydrogen (secondary N) is 1. The Morgan fingerprint density at radius 2 is 1.90 bits per heavy atom. The zero-order chi connectivity index (χ0) is 13.9. The molecule has 0 radical (unpaired) electrons. The van der Waals surface area contributed by atoms with Crippen molar-refractivity contribution in [3.8, 4) is 0 Å². The van der Waals surface area contributed by atoms with Crippen LogP contribution in [-0.4, -0.2) is 19.6 Å². The molecule has 0 spiro atoms. The van der Waals surface area contributed by atoms with Gasteiger partial charge in [0.25, 0.3) is 0 Å². The molecule has 1 N–H and O–H groups in total. The van der Waals surface area contributed by atoms with Crippen LogP contribution < -0.4 is 10.2 Å². The van der Waals surface area contributed by atoms with Gasteiger partial charge >= 0.3 is 0 Å². The van der Waals surface area contributed by atoms with Crippen molar-refractivity contribution in [2.24, 2.45) is 5.92 Å². The predicted molar refractivity (Wildman–Crippen MR) is 86.3 cm³/mol. The van der Waals surface area contributed by atoms with Crippen molar-refractivity contribution in [2.45, 2.75) is 58.0 Å². The zero-order valence-corrected chi connectivity index (χ0v) is 13.0. The standard InChI is InChI=1S/C18H28N2/c1-14-7-10-18(16(11-14)12-19-17-8-9-17)20(2)13-15-5-3-4-6-15/h7,10-11,15,17,19H,3-6,8-9,12-13H2,1-2H3. The van der Waals surface area contributed by atoms with Crippen LogP contribution in [0.4, 0.5) is 5.69 Å². The molecular formula is C18H28N2. The van der Waals surface area contributed by atoms with Gasteiger partial charge in [-0.25, -0.2) is 0 Å². The van der Waals surface area contributed by atoms with Crippen LogP contribution in [0.5, 0.6) is 0 Å². The maximum Gasteiger partial charge on any atom is 0.0409 e. The van der Waals surface area contributed by atoms with E-state index in [9.17, 15) is 0 Å². The van der Waals surface area contributed by atoms with Gasteiger partial charge in [-0.05, 0) is 50.2 Å². The lowest BCUT2D eigenvalue weighted by atomic mass is 10.0. The fourth-order valence-corrected chi connectivity index (χ4v) is 3.45. The summed E-state index contributed by atoms with van der Waals surface area (Å²) >= 11 is 0. The molecule has 0 amide bonds. The fraction of sp³-hybridized carbons (Fsp3) is 0.667. The average molecular weight is 272 g/mol. The Labute approximate surface area is 123 Å². The lowest BCUT2D eigenvalue weighted by Crippen LogP contribution is -2.26. The summed E-state index contributed by atoms with van der Waals surface area (Å²) in [7, 11) is 2.27. The molecule has 0 aliphatic heterocycles. The molecule has 2 nitrogen and oxygen atoms in total. The van der Waals surface area contributed by atoms with Gasteiger partial charge in [-0.15, -0.1) is 0 Å². The van der Waals surface area contributed by atoms with Gasteiger partial charge in [0.15, 0.2) is 0 Å². The summed E-state index contributed by atoms with van der Waals surface area (Å²) in [4.78, 5) is 2.49. The van der Waals surface area contributed by atoms with Crippen LogP contribution in [0, 0.1) is 12.8 Å². The van der Waals surface area contributed by atoms with E-state index in [1.165, 1.54) is 61.9 Å². The summed E-state index contributed by atoms with van der Waals surface area (Å²) in [5.41, 5.74) is 4.27. The van der Waals surface area contributed by atoms with E-state index in [-0.39, 0.29) is 0 Å². The topological polar surface area (TPSA) is 15.3 Å². The first-order valence-corrected chi connectivity index (χ1v) is 8.26. The van der Waals surface area contributed by atoms with Crippen LogP contribution in [0.2, 0.25) is 0 Å². The van der Waals surface area contributed by atoms with E-state index in [0.717, 1.165) is 18.5 Å². The van der Waals surface area contributed by atoms with Crippen LogP contribution >= 0.6 is 0 Å². The van der Waals surface area contributed by atoms with Crippen molar-refractivity contribution in [1.82, 2.24) is 5.32 Å². The summed E-state index contributed by atoms with van der Waals surface area (Å²) in [6, 6.07) is 7.70. The third-order valence-corrected chi connectivity index (χ3v) is 4.81. The largest absolute Gasteiger partial charge is 0.374 e. The third kappa shape index (κ3) is 3.54. The maximum atomic E-state index is 3.66. The normalized spacial score (nSPS) is 19.5. The Bertz CT molecular complexity index is 445. The molecular weight excluding hydrogens is 244 g/mol. The second kappa shape index (κ2) is 6.17. The minimum atomic E-state index is 0.781. The van der Waals surface area contributed by atoms with E-state index >= 15 is 0 Å². The third-order valence-electron chi connectivity index (χ3n) is 4.81. The van der Waals surface area contributed by atoms with E-state index in [1.807, 2.05) is 0 Å². The summed E-state index contributed by atoms with van der Waals surface area (Å²) in [5, 5.41) is 3.66. The quantitative estimate of drug-likeness (QED) is 0.845. The Hall–Kier alpha value is -1.02. The Kier molecular flexibility index (Phi) is 4.30. The van der Waals surface area contributed by atoms with Crippen molar-refractivity contribution in [2.75, 3.05) is 18.5 Å². The number of hydrogen-bond acceptors (Lipinski definition) is 2. The Morgan fingerprint density at radius 3 is 2.60 bits per heavy atom. The summed E-state index contributed by atoms with van der Waals surface area (Å²) in [6.45, 7) is 4.44. The molecule has 20 heavy (non-hydrogen) atoms. The Balaban J connectivity index is 1.68. The summed E-state index contributed by atoms with van der Waals surface area (Å²) in [5.74, 6) is 0.908. The second-order valence-electron chi connectivity index (χ2n) is 6.82. The van der Waals surface area contributed by atoms with Crippen molar-refractivity contribution in [3.63, 3.8) is 0 Å². The molecule has 2 heteroatoms. The number of nitrogens with zero attached hydrogens (tertiary/aromatic N) is 1. The molecule has 0 aromatic heterocycles. The van der Waals surface area contributed by atoms with Gasteiger partial charge in [-0.2, -0.15) is 0 Å². The minimum absolute atomic E-state index is 0.781. The number of hydrogen-bond donors (Lipinski definition) is 1. The first kappa shape index (κ1) is 13.9. The van der Waals surface area contributed by atoms with Gasteiger partial charge in [0.2, 0.25) is 0 Å². The van der Waals surface area contributed by atoms with Gasteiger partial charge < -0.3 is 10.2 Å². The van der Waals surface area contributed by atoms with E-state index in [0.29, 0.717) is 0 Å². The van der Waals surface area contributed by atoms with Crippen LogP contribution in [0.3, 0.4) is 0 Å². The smallest absolute Gasteiger partial charge is 0.0409 e. The molecule has 2 fully saturated rings. The average Bonchev–Trinajstić information content (AvgIpc) is 3.13. The molecule has 0 atom stereocenters. The highest BCUT2D eigenvalue weighted by Gasteiger charge is 2.22. The minimum Gasteiger partial charge on any atom is -0.374 e. The van der Waals surface area contributed by atoms with Crippen LogP contribution in [0.25, 0.3) is 0 Å². The van der Waals surface area contributed by atoms with E-state index in [1.54, 1.807) is 0 Å². The first-order chi connectivity index (χ1) is 9.72. The number of rotatable bonds is 6. The number of benzene rings is 1. The highest BCUT2D eigenvalue weighted by molar-refractivity contribution is 5.54. The van der Waals surface area contributed by atoms with E-state index in [4.69, 9.17) is 0 Å². The number of aryl methyl sites for hydroxylation is 1. The highest BCUT2D eigenvalue weighted by Crippen LogP contribution is 2.29. The van der Waals surface area contributed by atoms with Crippen molar-refractivity contribution in [1.29, 1.82) is 0 Å². The molecule has 3 rings (SSSR count). The molecule has 0 saturated heterocycles. The highest BCUT2D eigenvalue weighted by atomic mass is 15.1. The lowest BCUT2D eigenvalue weighted by Gasteiger charge is -2.26.